The lowest BCUT2D eigenvalue weighted by atomic mass is 10.2. The minimum Gasteiger partial charge on any atom is -0.395 e. The molecule has 16 heavy (non-hydrogen) atoms. The maximum Gasteiger partial charge on any atom is 0.144 e. The smallest absolute Gasteiger partial charge is 0.144 e. The number of para-hydroxylation sites is 1. The summed E-state index contributed by atoms with van der Waals surface area (Å²) in [6.45, 7) is 0.423. The Balaban J connectivity index is 2.58. The molecule has 0 unspecified atom stereocenters. The highest BCUT2D eigenvalue weighted by molar-refractivity contribution is 7.71. The summed E-state index contributed by atoms with van der Waals surface area (Å²) in [5.41, 5.74) is 2.26. The van der Waals surface area contributed by atoms with Crippen molar-refractivity contribution >= 4 is 21.7 Å². The summed E-state index contributed by atoms with van der Waals surface area (Å²) >= 11 is 0. The second kappa shape index (κ2) is 4.63. The molecular formula is C10H12N2O3S. The van der Waals surface area contributed by atoms with Crippen LogP contribution >= 0.6 is 0 Å². The monoisotopic (exact) mass is 240 g/mol. The number of aliphatic hydroxyl groups excluding tert-OH is 1. The Hall–Kier alpha value is -1.40. The van der Waals surface area contributed by atoms with Crippen LogP contribution in [0, 0.1) is 0 Å². The molecule has 0 aliphatic rings. The molecule has 1 heterocycles. The molecule has 0 saturated carbocycles. The van der Waals surface area contributed by atoms with E-state index in [4.69, 9.17) is 5.11 Å². The Morgan fingerprint density at radius 2 is 2.19 bits per heavy atom. The Morgan fingerprint density at radius 3 is 2.88 bits per heavy atom. The van der Waals surface area contributed by atoms with Crippen LogP contribution < -0.4 is 0 Å². The van der Waals surface area contributed by atoms with Crippen molar-refractivity contribution in [1.82, 2.24) is 9.55 Å². The lowest BCUT2D eigenvalue weighted by Crippen LogP contribution is -2.02. The SMILES string of the molecule is O=[SH](=O)Cc1cccc2ncn(CCO)c12. The average molecular weight is 240 g/mol. The number of rotatable bonds is 4. The van der Waals surface area contributed by atoms with E-state index in [0.29, 0.717) is 6.54 Å². The Morgan fingerprint density at radius 1 is 1.38 bits per heavy atom. The second-order valence-corrected chi connectivity index (χ2v) is 4.42. The molecule has 0 aliphatic carbocycles. The summed E-state index contributed by atoms with van der Waals surface area (Å²) in [4.78, 5) is 4.16. The number of benzene rings is 1. The van der Waals surface area contributed by atoms with Crippen LogP contribution in [0.1, 0.15) is 5.56 Å². The van der Waals surface area contributed by atoms with Crippen LogP contribution in [0.3, 0.4) is 0 Å². The third-order valence-corrected chi connectivity index (χ3v) is 2.96. The lowest BCUT2D eigenvalue weighted by Gasteiger charge is -2.04. The number of thiol groups is 1. The predicted octanol–water partition coefficient (Wildman–Crippen LogP) is 0.140. The summed E-state index contributed by atoms with van der Waals surface area (Å²) in [6.07, 6.45) is 1.61. The van der Waals surface area contributed by atoms with Gasteiger partial charge in [0.15, 0.2) is 0 Å². The highest BCUT2D eigenvalue weighted by atomic mass is 32.2. The maximum absolute atomic E-state index is 10.8. The van der Waals surface area contributed by atoms with Gasteiger partial charge in [-0.25, -0.2) is 13.4 Å². The molecule has 5 nitrogen and oxygen atoms in total. The van der Waals surface area contributed by atoms with E-state index >= 15 is 0 Å². The van der Waals surface area contributed by atoms with Crippen molar-refractivity contribution in [3.05, 3.63) is 30.1 Å². The van der Waals surface area contributed by atoms with Crippen molar-refractivity contribution in [3.63, 3.8) is 0 Å². The molecule has 86 valence electrons. The molecule has 0 radical (unpaired) electrons. The van der Waals surface area contributed by atoms with Gasteiger partial charge in [-0.2, -0.15) is 0 Å². The van der Waals surface area contributed by atoms with Crippen molar-refractivity contribution in [2.75, 3.05) is 6.61 Å². The Labute approximate surface area is 94.3 Å². The normalized spacial score (nSPS) is 11.4. The number of hydrogen-bond donors (Lipinski definition) is 2. The molecule has 1 aromatic carbocycles. The van der Waals surface area contributed by atoms with Crippen LogP contribution in [-0.2, 0) is 23.0 Å². The number of nitrogens with zero attached hydrogens (tertiary/aromatic N) is 2. The quantitative estimate of drug-likeness (QED) is 0.746. The first-order chi connectivity index (χ1) is 7.72. The molecule has 0 atom stereocenters. The first-order valence-electron chi connectivity index (χ1n) is 4.88. The zero-order chi connectivity index (χ0) is 11.5. The fourth-order valence-electron chi connectivity index (χ4n) is 1.75. The fraction of sp³-hybridized carbons (Fsp3) is 0.300. The number of aliphatic hydroxyl groups is 1. The molecule has 0 spiro atoms. The van der Waals surface area contributed by atoms with E-state index in [1.165, 1.54) is 0 Å². The zero-order valence-electron chi connectivity index (χ0n) is 8.54. The van der Waals surface area contributed by atoms with Gasteiger partial charge in [0.25, 0.3) is 0 Å². The van der Waals surface area contributed by atoms with Crippen molar-refractivity contribution < 1.29 is 13.5 Å². The summed E-state index contributed by atoms with van der Waals surface area (Å²) in [5.74, 6) is 0.00377. The summed E-state index contributed by atoms with van der Waals surface area (Å²) in [5, 5.41) is 8.90. The third kappa shape index (κ3) is 2.07. The molecule has 0 bridgehead atoms. The largest absolute Gasteiger partial charge is 0.395 e. The van der Waals surface area contributed by atoms with Crippen molar-refractivity contribution in [2.45, 2.75) is 12.3 Å². The van der Waals surface area contributed by atoms with Crippen molar-refractivity contribution in [2.24, 2.45) is 0 Å². The van der Waals surface area contributed by atoms with Crippen LogP contribution in [0.25, 0.3) is 11.0 Å². The van der Waals surface area contributed by atoms with Gasteiger partial charge in [-0.1, -0.05) is 12.1 Å². The molecule has 2 aromatic rings. The van der Waals surface area contributed by atoms with Crippen LogP contribution in [0.15, 0.2) is 24.5 Å². The molecular weight excluding hydrogens is 228 g/mol. The number of fused-ring (bicyclic) bond motifs is 1. The Kier molecular flexibility index (Phi) is 3.21. The highest BCUT2D eigenvalue weighted by Gasteiger charge is 2.07. The zero-order valence-corrected chi connectivity index (χ0v) is 9.43. The van der Waals surface area contributed by atoms with E-state index < -0.39 is 10.7 Å². The van der Waals surface area contributed by atoms with E-state index in [1.54, 1.807) is 23.0 Å². The van der Waals surface area contributed by atoms with Gasteiger partial charge < -0.3 is 9.67 Å². The van der Waals surface area contributed by atoms with Gasteiger partial charge in [0.2, 0.25) is 0 Å². The molecule has 2 rings (SSSR count). The molecule has 1 aromatic heterocycles. The maximum atomic E-state index is 10.8. The summed E-state index contributed by atoms with van der Waals surface area (Å²) in [7, 11) is -2.46. The first kappa shape index (κ1) is 11.1. The van der Waals surface area contributed by atoms with Gasteiger partial charge in [-0.3, -0.25) is 0 Å². The van der Waals surface area contributed by atoms with E-state index in [0.717, 1.165) is 16.6 Å². The lowest BCUT2D eigenvalue weighted by molar-refractivity contribution is 0.278. The topological polar surface area (TPSA) is 72.2 Å². The molecule has 1 N–H and O–H groups in total. The summed E-state index contributed by atoms with van der Waals surface area (Å²) < 4.78 is 23.3. The minimum atomic E-state index is -2.46. The van der Waals surface area contributed by atoms with Gasteiger partial charge in [-0.05, 0) is 11.6 Å². The number of aromatic nitrogens is 2. The standard InChI is InChI=1S/C10H12N2O3S/c13-5-4-12-7-11-9-3-1-2-8(10(9)12)6-16(14)15/h1-3,7,13,16H,4-6H2. The van der Waals surface area contributed by atoms with Crippen LogP contribution in [0.2, 0.25) is 0 Å². The molecule has 0 saturated heterocycles. The second-order valence-electron chi connectivity index (χ2n) is 3.44. The van der Waals surface area contributed by atoms with E-state index in [9.17, 15) is 8.42 Å². The van der Waals surface area contributed by atoms with Gasteiger partial charge in [0.05, 0.1) is 29.7 Å². The van der Waals surface area contributed by atoms with Gasteiger partial charge in [-0.15, -0.1) is 0 Å². The molecule has 6 heteroatoms. The van der Waals surface area contributed by atoms with Crippen LogP contribution in [0.5, 0.6) is 0 Å². The molecule has 0 aliphatic heterocycles. The van der Waals surface area contributed by atoms with Crippen LogP contribution in [0.4, 0.5) is 0 Å². The van der Waals surface area contributed by atoms with E-state index in [2.05, 4.69) is 4.98 Å². The van der Waals surface area contributed by atoms with E-state index in [-0.39, 0.29) is 12.4 Å². The predicted molar refractivity (Wildman–Crippen MR) is 60.8 cm³/mol. The van der Waals surface area contributed by atoms with Crippen molar-refractivity contribution in [1.29, 1.82) is 0 Å². The number of imidazole rings is 1. The third-order valence-electron chi connectivity index (χ3n) is 2.36. The van der Waals surface area contributed by atoms with Crippen molar-refractivity contribution in [3.8, 4) is 0 Å². The number of hydrogen-bond acceptors (Lipinski definition) is 4. The highest BCUT2D eigenvalue weighted by Crippen LogP contribution is 2.18. The Bertz CT molecular complexity index is 566. The fourth-order valence-corrected chi connectivity index (χ4v) is 2.28. The van der Waals surface area contributed by atoms with Gasteiger partial charge >= 0.3 is 0 Å². The van der Waals surface area contributed by atoms with E-state index in [1.807, 2.05) is 6.07 Å². The minimum absolute atomic E-state index is 0.00328. The molecule has 0 fully saturated rings. The van der Waals surface area contributed by atoms with Gasteiger partial charge in [0, 0.05) is 6.54 Å². The van der Waals surface area contributed by atoms with Gasteiger partial charge in [0.1, 0.15) is 10.7 Å². The first-order valence-corrected chi connectivity index (χ1v) is 6.24. The summed E-state index contributed by atoms with van der Waals surface area (Å²) in [6, 6.07) is 5.38. The average Bonchev–Trinajstić information content (AvgIpc) is 2.62. The van der Waals surface area contributed by atoms with Crippen LogP contribution in [-0.4, -0.2) is 29.7 Å². The molecule has 0 amide bonds.